The summed E-state index contributed by atoms with van der Waals surface area (Å²) < 4.78 is 19.3. The summed E-state index contributed by atoms with van der Waals surface area (Å²) in [5.74, 6) is 0.131. The third-order valence-electron chi connectivity index (χ3n) is 4.18. The van der Waals surface area contributed by atoms with Crippen LogP contribution in [0.3, 0.4) is 0 Å². The monoisotopic (exact) mass is 278 g/mol. The molecule has 2 unspecified atom stereocenters. The molecule has 2 rings (SSSR count). The van der Waals surface area contributed by atoms with Gasteiger partial charge in [0.15, 0.2) is 0 Å². The van der Waals surface area contributed by atoms with Crippen molar-refractivity contribution in [1.82, 2.24) is 0 Å². The summed E-state index contributed by atoms with van der Waals surface area (Å²) in [5.41, 5.74) is 6.74. The second-order valence-corrected chi connectivity index (χ2v) is 5.52. The van der Waals surface area contributed by atoms with Crippen LogP contribution in [0.15, 0.2) is 18.2 Å². The topological polar surface area (TPSA) is 59.1 Å². The highest BCUT2D eigenvalue weighted by atomic mass is 19.1. The number of hydrogen-bond donors (Lipinski definition) is 2. The van der Waals surface area contributed by atoms with Gasteiger partial charge in [0.1, 0.15) is 11.7 Å². The normalized spacial score (nSPS) is 22.7. The van der Waals surface area contributed by atoms with Gasteiger partial charge >= 0.3 is 0 Å². The van der Waals surface area contributed by atoms with Crippen LogP contribution in [0.1, 0.15) is 50.2 Å². The molecule has 0 aromatic heterocycles. The molecule has 1 aromatic rings. The molecule has 0 heterocycles. The Morgan fingerprint density at radius 1 is 1.40 bits per heavy atom. The fourth-order valence-corrected chi connectivity index (χ4v) is 2.98. The van der Waals surface area contributed by atoms with E-state index in [4.69, 9.17) is 15.9 Å². The quantitative estimate of drug-likeness (QED) is 0.638. The number of amidine groups is 1. The zero-order chi connectivity index (χ0) is 14.5. The maximum absolute atomic E-state index is 13.2. The Bertz CT molecular complexity index is 476. The Morgan fingerprint density at radius 3 is 2.85 bits per heavy atom. The van der Waals surface area contributed by atoms with Crippen molar-refractivity contribution < 1.29 is 9.13 Å². The Balaban J connectivity index is 2.04. The fourth-order valence-electron chi connectivity index (χ4n) is 2.98. The summed E-state index contributed by atoms with van der Waals surface area (Å²) in [6.07, 6.45) is 6.23. The molecule has 20 heavy (non-hydrogen) atoms. The SMILES string of the molecule is CCC1CCCCC1OCc1ccc(F)cc1C(=N)N. The van der Waals surface area contributed by atoms with Gasteiger partial charge in [-0.25, -0.2) is 4.39 Å². The van der Waals surface area contributed by atoms with Crippen molar-refractivity contribution in [3.63, 3.8) is 0 Å². The lowest BCUT2D eigenvalue weighted by Crippen LogP contribution is -2.27. The van der Waals surface area contributed by atoms with Gasteiger partial charge in [-0.05, 0) is 36.5 Å². The predicted octanol–water partition coefficient (Wildman–Crippen LogP) is 3.60. The van der Waals surface area contributed by atoms with Gasteiger partial charge in [0, 0.05) is 5.56 Å². The molecule has 1 aliphatic rings. The Labute approximate surface area is 119 Å². The van der Waals surface area contributed by atoms with Gasteiger partial charge in [-0.3, -0.25) is 5.41 Å². The molecule has 0 spiro atoms. The van der Waals surface area contributed by atoms with Crippen molar-refractivity contribution in [2.75, 3.05) is 0 Å². The van der Waals surface area contributed by atoms with E-state index in [1.165, 1.54) is 31.4 Å². The van der Waals surface area contributed by atoms with E-state index in [2.05, 4.69) is 6.92 Å². The maximum Gasteiger partial charge on any atom is 0.123 e. The van der Waals surface area contributed by atoms with Crippen LogP contribution in [-0.4, -0.2) is 11.9 Å². The largest absolute Gasteiger partial charge is 0.384 e. The highest BCUT2D eigenvalue weighted by Crippen LogP contribution is 2.30. The molecule has 3 N–H and O–H groups in total. The summed E-state index contributed by atoms with van der Waals surface area (Å²) in [5, 5.41) is 7.53. The molecule has 1 saturated carbocycles. The first kappa shape index (κ1) is 15.0. The summed E-state index contributed by atoms with van der Waals surface area (Å²) in [6, 6.07) is 4.36. The van der Waals surface area contributed by atoms with Crippen molar-refractivity contribution in [2.24, 2.45) is 11.7 Å². The zero-order valence-corrected chi connectivity index (χ0v) is 12.0. The van der Waals surface area contributed by atoms with Crippen LogP contribution in [0.2, 0.25) is 0 Å². The third-order valence-corrected chi connectivity index (χ3v) is 4.18. The minimum Gasteiger partial charge on any atom is -0.384 e. The van der Waals surface area contributed by atoms with Gasteiger partial charge in [0.25, 0.3) is 0 Å². The number of hydrogen-bond acceptors (Lipinski definition) is 2. The molecular weight excluding hydrogens is 255 g/mol. The molecular formula is C16H23FN2O. The predicted molar refractivity (Wildman–Crippen MR) is 78.2 cm³/mol. The first-order valence-corrected chi connectivity index (χ1v) is 7.36. The van der Waals surface area contributed by atoms with Gasteiger partial charge in [-0.1, -0.05) is 32.3 Å². The lowest BCUT2D eigenvalue weighted by Gasteiger charge is -2.31. The molecule has 4 heteroatoms. The first-order chi connectivity index (χ1) is 9.61. The number of nitrogens with two attached hydrogens (primary N) is 1. The van der Waals surface area contributed by atoms with Gasteiger partial charge in [-0.15, -0.1) is 0 Å². The number of rotatable bonds is 5. The van der Waals surface area contributed by atoms with E-state index in [1.54, 1.807) is 6.07 Å². The second kappa shape index (κ2) is 6.84. The second-order valence-electron chi connectivity index (χ2n) is 5.52. The van der Waals surface area contributed by atoms with E-state index in [0.717, 1.165) is 18.4 Å². The van der Waals surface area contributed by atoms with E-state index in [9.17, 15) is 4.39 Å². The minimum absolute atomic E-state index is 0.112. The summed E-state index contributed by atoms with van der Waals surface area (Å²) >= 11 is 0. The van der Waals surface area contributed by atoms with Gasteiger partial charge in [0.05, 0.1) is 12.7 Å². The van der Waals surface area contributed by atoms with Crippen LogP contribution in [0.4, 0.5) is 4.39 Å². The average Bonchev–Trinajstić information content (AvgIpc) is 2.46. The Hall–Kier alpha value is -1.42. The lowest BCUT2D eigenvalue weighted by molar-refractivity contribution is -0.0222. The molecule has 0 amide bonds. The molecule has 0 bridgehead atoms. The standard InChI is InChI=1S/C16H23FN2O/c1-2-11-5-3-4-6-15(11)20-10-12-7-8-13(17)9-14(12)16(18)19/h7-9,11,15H,2-6,10H2,1H3,(H3,18,19). The van der Waals surface area contributed by atoms with Crippen molar-refractivity contribution in [2.45, 2.75) is 51.7 Å². The van der Waals surface area contributed by atoms with E-state index in [1.807, 2.05) is 0 Å². The van der Waals surface area contributed by atoms with Gasteiger partial charge in [0.2, 0.25) is 0 Å². The smallest absolute Gasteiger partial charge is 0.123 e. The van der Waals surface area contributed by atoms with Crippen LogP contribution in [-0.2, 0) is 11.3 Å². The Kier molecular flexibility index (Phi) is 5.12. The number of ether oxygens (including phenoxy) is 1. The van der Waals surface area contributed by atoms with E-state index < -0.39 is 0 Å². The minimum atomic E-state index is -0.372. The number of nitrogen functional groups attached to an aromatic ring is 1. The maximum atomic E-state index is 13.2. The zero-order valence-electron chi connectivity index (χ0n) is 12.0. The molecule has 110 valence electrons. The van der Waals surface area contributed by atoms with Crippen molar-refractivity contribution in [3.8, 4) is 0 Å². The van der Waals surface area contributed by atoms with Crippen molar-refractivity contribution >= 4 is 5.84 Å². The van der Waals surface area contributed by atoms with Crippen LogP contribution in [0.5, 0.6) is 0 Å². The van der Waals surface area contributed by atoms with Gasteiger partial charge in [-0.2, -0.15) is 0 Å². The number of benzene rings is 1. The fraction of sp³-hybridized carbons (Fsp3) is 0.562. The highest BCUT2D eigenvalue weighted by molar-refractivity contribution is 5.96. The molecule has 1 aromatic carbocycles. The molecule has 1 aliphatic carbocycles. The number of nitrogens with one attached hydrogen (secondary N) is 1. The molecule has 2 atom stereocenters. The first-order valence-electron chi connectivity index (χ1n) is 7.36. The molecule has 0 aliphatic heterocycles. The number of halogens is 1. The van der Waals surface area contributed by atoms with E-state index in [0.29, 0.717) is 18.1 Å². The van der Waals surface area contributed by atoms with Crippen LogP contribution in [0.25, 0.3) is 0 Å². The molecule has 3 nitrogen and oxygen atoms in total. The van der Waals surface area contributed by atoms with Crippen LogP contribution < -0.4 is 5.73 Å². The van der Waals surface area contributed by atoms with Gasteiger partial charge < -0.3 is 10.5 Å². The highest BCUT2D eigenvalue weighted by Gasteiger charge is 2.24. The molecule has 0 radical (unpaired) electrons. The summed E-state index contributed by atoms with van der Waals surface area (Å²) in [7, 11) is 0. The molecule has 1 fully saturated rings. The van der Waals surface area contributed by atoms with Crippen LogP contribution in [0, 0.1) is 17.1 Å². The Morgan fingerprint density at radius 2 is 2.15 bits per heavy atom. The summed E-state index contributed by atoms with van der Waals surface area (Å²) in [6.45, 7) is 2.60. The summed E-state index contributed by atoms with van der Waals surface area (Å²) in [4.78, 5) is 0. The van der Waals surface area contributed by atoms with Crippen molar-refractivity contribution in [1.29, 1.82) is 5.41 Å². The van der Waals surface area contributed by atoms with Crippen molar-refractivity contribution in [3.05, 3.63) is 35.1 Å². The molecule has 0 saturated heterocycles. The average molecular weight is 278 g/mol. The third kappa shape index (κ3) is 3.57. The lowest BCUT2D eigenvalue weighted by atomic mass is 9.85. The van der Waals surface area contributed by atoms with E-state index in [-0.39, 0.29) is 17.8 Å². The van der Waals surface area contributed by atoms with E-state index >= 15 is 0 Å². The van der Waals surface area contributed by atoms with Crippen LogP contribution >= 0.6 is 0 Å².